The molecule has 13 N–H and O–H groups in total. The number of aromatic amines is 1. The Hall–Kier alpha value is -1.96. The molecule has 0 spiro atoms. The van der Waals surface area contributed by atoms with Gasteiger partial charge in [-0.15, -0.1) is 0 Å². The van der Waals surface area contributed by atoms with Gasteiger partial charge in [-0.25, -0.2) is 4.98 Å². The van der Waals surface area contributed by atoms with Crippen LogP contribution in [0.2, 0.25) is 0 Å². The first kappa shape index (κ1) is 34.9. The van der Waals surface area contributed by atoms with Gasteiger partial charge in [0.25, 0.3) is 0 Å². The maximum Gasteiger partial charge on any atom is 0.323 e. The number of nitrogens with zero attached hydrogens (tertiary/aromatic N) is 1. The summed E-state index contributed by atoms with van der Waals surface area (Å²) in [5.41, 5.74) is 6.39. The summed E-state index contributed by atoms with van der Waals surface area (Å²) < 4.78 is 32.2. The number of imidazole rings is 1. The first-order chi connectivity index (χ1) is 20.8. The van der Waals surface area contributed by atoms with E-state index in [2.05, 4.69) is 9.97 Å². The first-order valence-electron chi connectivity index (χ1n) is 13.7. The van der Waals surface area contributed by atoms with Gasteiger partial charge in [-0.3, -0.25) is 4.79 Å². The summed E-state index contributed by atoms with van der Waals surface area (Å²) >= 11 is 0. The number of aromatic nitrogens is 2. The molecule has 3 aliphatic heterocycles. The predicted molar refractivity (Wildman–Crippen MR) is 135 cm³/mol. The minimum absolute atomic E-state index is 0.0715. The molecule has 1 aromatic heterocycles. The summed E-state index contributed by atoms with van der Waals surface area (Å²) in [6.45, 7) is -3.15. The fraction of sp³-hybridized carbons (Fsp3) is 0.833. The second-order valence-electron chi connectivity index (χ2n) is 10.7. The highest BCUT2D eigenvalue weighted by Crippen LogP contribution is 2.36. The van der Waals surface area contributed by atoms with Crippen LogP contribution in [-0.4, -0.2) is 185 Å². The van der Waals surface area contributed by atoms with Crippen LogP contribution in [0, 0.1) is 0 Å². The van der Waals surface area contributed by atoms with Gasteiger partial charge in [-0.05, 0) is 0 Å². The molecule has 15 atom stereocenters. The van der Waals surface area contributed by atoms with E-state index in [4.69, 9.17) is 34.2 Å². The van der Waals surface area contributed by atoms with Gasteiger partial charge in [0.1, 0.15) is 86.4 Å². The highest BCUT2D eigenvalue weighted by atomic mass is 16.8. The van der Waals surface area contributed by atoms with Crippen molar-refractivity contribution in [1.29, 1.82) is 0 Å². The van der Waals surface area contributed by atoms with Crippen LogP contribution in [0.1, 0.15) is 5.69 Å². The fourth-order valence-corrected chi connectivity index (χ4v) is 4.99. The van der Waals surface area contributed by atoms with Crippen LogP contribution in [0.4, 0.5) is 0 Å². The average molecular weight is 642 g/mol. The number of esters is 1. The zero-order valence-corrected chi connectivity index (χ0v) is 23.1. The van der Waals surface area contributed by atoms with Gasteiger partial charge in [0, 0.05) is 18.3 Å². The van der Waals surface area contributed by atoms with Gasteiger partial charge in [0.05, 0.1) is 19.5 Å². The SMILES string of the molecule is N[C@@H](Cc1cnc[nH]1)C(=O)OC[C@H]1OC(OC[C@H]2OC(O[C@]3(CO)O[C@H](CO)[C@@H](O)[C@@H]3O)[C@H](O)[C@@H](O)[C@@H]2O)[C@H](O)[C@@H](O)[C@H]1O. The first-order valence-corrected chi connectivity index (χ1v) is 13.7. The molecule has 44 heavy (non-hydrogen) atoms. The van der Waals surface area contributed by atoms with Gasteiger partial charge < -0.3 is 90.2 Å². The summed E-state index contributed by atoms with van der Waals surface area (Å²) in [4.78, 5) is 18.9. The Morgan fingerprint density at radius 3 is 2.07 bits per heavy atom. The number of carbonyl (C=O) groups is 1. The molecule has 4 heterocycles. The van der Waals surface area contributed by atoms with E-state index in [1.165, 1.54) is 12.5 Å². The van der Waals surface area contributed by atoms with Crippen LogP contribution in [0.5, 0.6) is 0 Å². The largest absolute Gasteiger partial charge is 0.462 e. The van der Waals surface area contributed by atoms with E-state index >= 15 is 0 Å². The van der Waals surface area contributed by atoms with Crippen molar-refractivity contribution in [3.05, 3.63) is 18.2 Å². The van der Waals surface area contributed by atoms with Crippen molar-refractivity contribution >= 4 is 5.97 Å². The Labute approximate surface area is 249 Å². The Kier molecular flexibility index (Phi) is 11.6. The molecule has 20 nitrogen and oxygen atoms in total. The van der Waals surface area contributed by atoms with Gasteiger partial charge in [-0.1, -0.05) is 0 Å². The third-order valence-electron chi connectivity index (χ3n) is 7.67. The number of carbonyl (C=O) groups excluding carboxylic acids is 1. The van der Waals surface area contributed by atoms with Gasteiger partial charge in [0.15, 0.2) is 12.6 Å². The lowest BCUT2D eigenvalue weighted by atomic mass is 9.98. The van der Waals surface area contributed by atoms with Crippen LogP contribution in [-0.2, 0) is 39.6 Å². The number of aliphatic hydroxyl groups excluding tert-OH is 10. The Morgan fingerprint density at radius 2 is 1.50 bits per heavy atom. The number of nitrogens with one attached hydrogen (secondary N) is 1. The number of hydrogen-bond acceptors (Lipinski definition) is 19. The monoisotopic (exact) mass is 641 g/mol. The Bertz CT molecular complexity index is 1060. The second kappa shape index (κ2) is 14.6. The standard InChI is InChI=1S/C24H39N3O17/c25-9(1-8-2-26-7-27-8)21(38)39-4-11-13(30)16(33)18(35)22(41-11)40-5-12-14(31)17(34)19(36)23(42-12)44-24(6-29)20(37)15(32)10(3-28)43-24/h2,7,9-20,22-23,28-37H,1,3-6,25H2,(H,26,27)/t9-,10+,11+,12+,13-,14+,15+,16-,17-,18+,19+,20-,22?,23?,24-/m0/s1. The molecule has 252 valence electrons. The third kappa shape index (κ3) is 7.20. The normalized spacial score (nSPS) is 43.6. The van der Waals surface area contributed by atoms with Crippen molar-refractivity contribution < 1.29 is 84.3 Å². The van der Waals surface area contributed by atoms with Crippen LogP contribution in [0.25, 0.3) is 0 Å². The minimum atomic E-state index is -2.40. The molecule has 3 fully saturated rings. The molecule has 20 heteroatoms. The third-order valence-corrected chi connectivity index (χ3v) is 7.67. The predicted octanol–water partition coefficient (Wildman–Crippen LogP) is -7.73. The highest BCUT2D eigenvalue weighted by molar-refractivity contribution is 5.75. The molecule has 3 aliphatic rings. The van der Waals surface area contributed by atoms with Crippen molar-refractivity contribution in [2.45, 2.75) is 98.0 Å². The maximum atomic E-state index is 12.3. The molecule has 3 saturated heterocycles. The van der Waals surface area contributed by atoms with E-state index in [0.29, 0.717) is 5.69 Å². The van der Waals surface area contributed by atoms with Crippen molar-refractivity contribution in [1.82, 2.24) is 9.97 Å². The molecular formula is C24H39N3O17. The molecule has 0 aliphatic carbocycles. The maximum absolute atomic E-state index is 12.3. The fourth-order valence-electron chi connectivity index (χ4n) is 4.99. The van der Waals surface area contributed by atoms with E-state index in [1.807, 2.05) is 0 Å². The van der Waals surface area contributed by atoms with Gasteiger partial charge >= 0.3 is 5.97 Å². The Morgan fingerprint density at radius 1 is 0.886 bits per heavy atom. The average Bonchev–Trinajstić information content (AvgIpc) is 3.61. The summed E-state index contributed by atoms with van der Waals surface area (Å²) in [7, 11) is 0. The quantitative estimate of drug-likeness (QED) is 0.0942. The molecule has 1 aromatic rings. The van der Waals surface area contributed by atoms with Crippen molar-refractivity contribution in [2.75, 3.05) is 26.4 Å². The number of ether oxygens (including phenoxy) is 6. The molecule has 0 amide bonds. The van der Waals surface area contributed by atoms with E-state index in [0.717, 1.165) is 0 Å². The van der Waals surface area contributed by atoms with Crippen molar-refractivity contribution in [3.63, 3.8) is 0 Å². The summed E-state index contributed by atoms with van der Waals surface area (Å²) in [5, 5.41) is 102. The lowest BCUT2D eigenvalue weighted by Gasteiger charge is -2.44. The summed E-state index contributed by atoms with van der Waals surface area (Å²) in [6, 6.07) is -1.10. The number of H-pyrrole nitrogens is 1. The lowest BCUT2D eigenvalue weighted by Crippen LogP contribution is -2.63. The van der Waals surface area contributed by atoms with Crippen LogP contribution in [0.15, 0.2) is 12.5 Å². The zero-order valence-electron chi connectivity index (χ0n) is 23.1. The Balaban J connectivity index is 1.36. The molecule has 2 unspecified atom stereocenters. The lowest BCUT2D eigenvalue weighted by molar-refractivity contribution is -0.388. The van der Waals surface area contributed by atoms with Crippen molar-refractivity contribution in [3.8, 4) is 0 Å². The topological polar surface area (TPSA) is 329 Å². The van der Waals surface area contributed by atoms with E-state index in [-0.39, 0.29) is 6.42 Å². The minimum Gasteiger partial charge on any atom is -0.462 e. The molecule has 4 rings (SSSR count). The highest BCUT2D eigenvalue weighted by Gasteiger charge is 2.58. The summed E-state index contributed by atoms with van der Waals surface area (Å²) in [5.74, 6) is -3.26. The second-order valence-corrected chi connectivity index (χ2v) is 10.7. The van der Waals surface area contributed by atoms with Crippen LogP contribution >= 0.6 is 0 Å². The van der Waals surface area contributed by atoms with Crippen LogP contribution in [0.3, 0.4) is 0 Å². The van der Waals surface area contributed by atoms with E-state index < -0.39 is 124 Å². The molecule has 0 saturated carbocycles. The molecule has 0 bridgehead atoms. The van der Waals surface area contributed by atoms with Gasteiger partial charge in [0.2, 0.25) is 5.79 Å². The number of aliphatic hydroxyl groups is 10. The summed E-state index contributed by atoms with van der Waals surface area (Å²) in [6.07, 6.45) is -19.8. The number of nitrogens with two attached hydrogens (primary N) is 1. The molecule has 0 aromatic carbocycles. The van der Waals surface area contributed by atoms with Crippen molar-refractivity contribution in [2.24, 2.45) is 5.73 Å². The van der Waals surface area contributed by atoms with E-state index in [1.54, 1.807) is 0 Å². The number of hydrogen-bond donors (Lipinski definition) is 12. The van der Waals surface area contributed by atoms with Crippen LogP contribution < -0.4 is 5.73 Å². The van der Waals surface area contributed by atoms with E-state index in [9.17, 15) is 55.9 Å². The zero-order chi connectivity index (χ0) is 32.3. The molecular weight excluding hydrogens is 602 g/mol. The number of rotatable bonds is 12. The van der Waals surface area contributed by atoms with Gasteiger partial charge in [-0.2, -0.15) is 0 Å². The molecule has 0 radical (unpaired) electrons. The smallest absolute Gasteiger partial charge is 0.323 e.